The van der Waals surface area contributed by atoms with E-state index in [1.165, 1.54) is 34.9 Å². The largest absolute Gasteiger partial charge is 0.379 e. The number of hydrogen-bond donors (Lipinski definition) is 2. The normalized spacial score (nSPS) is 24.7. The number of thiophene rings is 1. The molecular weight excluding hydrogens is 332 g/mol. The fraction of sp³-hybridized carbons (Fsp3) is 0.550. The standard InChI is InChI=1S/C20H26N2O2S/c23-19-20(24,8-2-9-22(19)13-15-3-1-4-15)14-21-12-16-5-6-18-17(11-16)7-10-25-18/h5-7,10-11,15,21,24H,1-4,8-9,12-14H2/t20-/m1/s1. The van der Waals surface area contributed by atoms with Crippen LogP contribution in [0.4, 0.5) is 0 Å². The lowest BCUT2D eigenvalue weighted by atomic mass is 9.83. The lowest BCUT2D eigenvalue weighted by Crippen LogP contribution is -2.58. The van der Waals surface area contributed by atoms with E-state index in [4.69, 9.17) is 0 Å². The van der Waals surface area contributed by atoms with Gasteiger partial charge in [0.1, 0.15) is 0 Å². The molecule has 2 aromatic rings. The molecule has 1 aromatic carbocycles. The highest BCUT2D eigenvalue weighted by Gasteiger charge is 2.42. The molecule has 134 valence electrons. The van der Waals surface area contributed by atoms with Gasteiger partial charge in [-0.2, -0.15) is 0 Å². The second kappa shape index (κ2) is 7.06. The van der Waals surface area contributed by atoms with Gasteiger partial charge in [0, 0.05) is 30.9 Å². The number of carbonyl (C=O) groups is 1. The zero-order chi connectivity index (χ0) is 17.3. The van der Waals surface area contributed by atoms with Crippen LogP contribution in [0, 0.1) is 5.92 Å². The van der Waals surface area contributed by atoms with E-state index in [9.17, 15) is 9.90 Å². The molecule has 1 saturated heterocycles. The number of nitrogens with one attached hydrogen (secondary N) is 1. The maximum atomic E-state index is 12.7. The van der Waals surface area contributed by atoms with Gasteiger partial charge < -0.3 is 15.3 Å². The number of benzene rings is 1. The summed E-state index contributed by atoms with van der Waals surface area (Å²) in [7, 11) is 0. The lowest BCUT2D eigenvalue weighted by Gasteiger charge is -2.41. The third-order valence-electron chi connectivity index (χ3n) is 5.67. The van der Waals surface area contributed by atoms with E-state index in [2.05, 4.69) is 35.0 Å². The SMILES string of the molecule is O=C1N(CC2CCC2)CCC[C@@]1(O)CNCc1ccc2sccc2c1. The summed E-state index contributed by atoms with van der Waals surface area (Å²) < 4.78 is 1.29. The molecular formula is C20H26N2O2S. The summed E-state index contributed by atoms with van der Waals surface area (Å²) in [6.45, 7) is 2.63. The fourth-order valence-electron chi connectivity index (χ4n) is 3.93. The number of piperidine rings is 1. The van der Waals surface area contributed by atoms with E-state index in [1.807, 2.05) is 4.90 Å². The highest BCUT2D eigenvalue weighted by molar-refractivity contribution is 7.17. The number of fused-ring (bicyclic) bond motifs is 1. The van der Waals surface area contributed by atoms with Crippen LogP contribution in [0.3, 0.4) is 0 Å². The maximum absolute atomic E-state index is 12.7. The van der Waals surface area contributed by atoms with Crippen molar-refractivity contribution >= 4 is 27.3 Å². The minimum Gasteiger partial charge on any atom is -0.379 e. The number of rotatable bonds is 6. The summed E-state index contributed by atoms with van der Waals surface area (Å²) in [6.07, 6.45) is 5.19. The molecule has 1 amide bonds. The monoisotopic (exact) mass is 358 g/mol. The predicted octanol–water partition coefficient (Wildman–Crippen LogP) is 3.14. The van der Waals surface area contributed by atoms with Crippen LogP contribution in [0.5, 0.6) is 0 Å². The predicted molar refractivity (Wildman–Crippen MR) is 102 cm³/mol. The number of nitrogens with zero attached hydrogens (tertiary/aromatic N) is 1. The molecule has 1 aliphatic heterocycles. The van der Waals surface area contributed by atoms with E-state index in [1.54, 1.807) is 11.3 Å². The van der Waals surface area contributed by atoms with E-state index in [0.717, 1.165) is 19.5 Å². The van der Waals surface area contributed by atoms with Crippen molar-refractivity contribution < 1.29 is 9.90 Å². The Morgan fingerprint density at radius 2 is 2.16 bits per heavy atom. The van der Waals surface area contributed by atoms with Crippen LogP contribution in [-0.2, 0) is 11.3 Å². The van der Waals surface area contributed by atoms with Crippen LogP contribution in [-0.4, -0.2) is 41.1 Å². The average molecular weight is 359 g/mol. The van der Waals surface area contributed by atoms with Gasteiger partial charge in [-0.1, -0.05) is 12.5 Å². The lowest BCUT2D eigenvalue weighted by molar-refractivity contribution is -0.157. The molecule has 1 aliphatic carbocycles. The molecule has 2 aliphatic rings. The van der Waals surface area contributed by atoms with Gasteiger partial charge in [-0.05, 0) is 66.1 Å². The number of carbonyl (C=O) groups excluding carboxylic acids is 1. The summed E-state index contributed by atoms with van der Waals surface area (Å²) in [5.74, 6) is 0.572. The van der Waals surface area contributed by atoms with Gasteiger partial charge in [0.2, 0.25) is 0 Å². The van der Waals surface area contributed by atoms with Crippen molar-refractivity contribution in [2.45, 2.75) is 44.2 Å². The highest BCUT2D eigenvalue weighted by Crippen LogP contribution is 2.30. The van der Waals surface area contributed by atoms with Crippen LogP contribution in [0.15, 0.2) is 29.6 Å². The molecule has 0 unspecified atom stereocenters. The second-order valence-corrected chi connectivity index (χ2v) is 8.53. The molecule has 1 saturated carbocycles. The molecule has 0 bridgehead atoms. The smallest absolute Gasteiger partial charge is 0.255 e. The van der Waals surface area contributed by atoms with Gasteiger partial charge in [0.05, 0.1) is 0 Å². The Morgan fingerprint density at radius 1 is 1.28 bits per heavy atom. The average Bonchev–Trinajstić information content (AvgIpc) is 3.02. The van der Waals surface area contributed by atoms with Gasteiger partial charge in [-0.15, -0.1) is 11.3 Å². The Balaban J connectivity index is 1.34. The van der Waals surface area contributed by atoms with Crippen LogP contribution >= 0.6 is 11.3 Å². The third kappa shape index (κ3) is 3.59. The highest BCUT2D eigenvalue weighted by atomic mass is 32.1. The van der Waals surface area contributed by atoms with Crippen LogP contribution in [0.25, 0.3) is 10.1 Å². The first-order valence-electron chi connectivity index (χ1n) is 9.33. The Labute approximate surface area is 152 Å². The first-order valence-corrected chi connectivity index (χ1v) is 10.2. The van der Waals surface area contributed by atoms with E-state index in [0.29, 0.717) is 25.4 Å². The molecule has 0 radical (unpaired) electrons. The summed E-state index contributed by atoms with van der Waals surface area (Å²) in [4.78, 5) is 14.6. The topological polar surface area (TPSA) is 52.6 Å². The van der Waals surface area contributed by atoms with E-state index in [-0.39, 0.29) is 5.91 Å². The van der Waals surface area contributed by atoms with E-state index < -0.39 is 5.60 Å². The fourth-order valence-corrected chi connectivity index (χ4v) is 4.70. The summed E-state index contributed by atoms with van der Waals surface area (Å²) in [5, 5.41) is 17.5. The Hall–Kier alpha value is -1.43. The summed E-state index contributed by atoms with van der Waals surface area (Å²) in [6, 6.07) is 8.55. The van der Waals surface area contributed by atoms with Crippen molar-refractivity contribution in [3.05, 3.63) is 35.2 Å². The minimum atomic E-state index is -1.24. The van der Waals surface area contributed by atoms with Crippen LogP contribution in [0.2, 0.25) is 0 Å². The Morgan fingerprint density at radius 3 is 2.96 bits per heavy atom. The van der Waals surface area contributed by atoms with Crippen molar-refractivity contribution in [2.75, 3.05) is 19.6 Å². The van der Waals surface area contributed by atoms with Gasteiger partial charge in [-0.3, -0.25) is 4.79 Å². The second-order valence-electron chi connectivity index (χ2n) is 7.58. The molecule has 0 spiro atoms. The van der Waals surface area contributed by atoms with Crippen molar-refractivity contribution in [3.8, 4) is 0 Å². The van der Waals surface area contributed by atoms with Gasteiger partial charge >= 0.3 is 0 Å². The van der Waals surface area contributed by atoms with Gasteiger partial charge in [0.15, 0.2) is 5.60 Å². The zero-order valence-corrected chi connectivity index (χ0v) is 15.4. The first kappa shape index (κ1) is 17.0. The quantitative estimate of drug-likeness (QED) is 0.834. The first-order chi connectivity index (χ1) is 12.1. The molecule has 2 fully saturated rings. The van der Waals surface area contributed by atoms with Crippen molar-refractivity contribution in [2.24, 2.45) is 5.92 Å². The van der Waals surface area contributed by atoms with Gasteiger partial charge in [-0.25, -0.2) is 0 Å². The van der Waals surface area contributed by atoms with E-state index >= 15 is 0 Å². The zero-order valence-electron chi connectivity index (χ0n) is 14.5. The number of amides is 1. The number of hydrogen-bond acceptors (Lipinski definition) is 4. The van der Waals surface area contributed by atoms with Crippen molar-refractivity contribution in [1.29, 1.82) is 0 Å². The van der Waals surface area contributed by atoms with Crippen LogP contribution < -0.4 is 5.32 Å². The van der Waals surface area contributed by atoms with Crippen LogP contribution in [0.1, 0.15) is 37.7 Å². The summed E-state index contributed by atoms with van der Waals surface area (Å²) in [5.41, 5.74) is -0.0573. The Bertz CT molecular complexity index is 755. The molecule has 5 heteroatoms. The molecule has 4 rings (SSSR count). The van der Waals surface area contributed by atoms with Crippen molar-refractivity contribution in [3.63, 3.8) is 0 Å². The molecule has 4 nitrogen and oxygen atoms in total. The molecule has 1 aromatic heterocycles. The number of aliphatic hydroxyl groups is 1. The van der Waals surface area contributed by atoms with Gasteiger partial charge in [0.25, 0.3) is 5.91 Å². The molecule has 25 heavy (non-hydrogen) atoms. The molecule has 1 atom stereocenters. The minimum absolute atomic E-state index is 0.0774. The third-order valence-corrected chi connectivity index (χ3v) is 6.57. The number of likely N-dealkylation sites (tertiary alicyclic amines) is 1. The maximum Gasteiger partial charge on any atom is 0.255 e. The Kier molecular flexibility index (Phi) is 4.80. The molecule has 2 heterocycles. The summed E-state index contributed by atoms with van der Waals surface area (Å²) >= 11 is 1.74. The molecule has 2 N–H and O–H groups in total. The van der Waals surface area contributed by atoms with Crippen molar-refractivity contribution in [1.82, 2.24) is 10.2 Å².